The summed E-state index contributed by atoms with van der Waals surface area (Å²) in [5.74, 6) is 0.462. The number of hydrogen-bond acceptors (Lipinski definition) is 4. The molecule has 2 aromatic heterocycles. The van der Waals surface area contributed by atoms with Crippen molar-refractivity contribution in [1.29, 1.82) is 0 Å². The zero-order valence-electron chi connectivity index (χ0n) is 13.6. The van der Waals surface area contributed by atoms with Crippen molar-refractivity contribution in [3.05, 3.63) is 39.3 Å². The van der Waals surface area contributed by atoms with Crippen molar-refractivity contribution in [3.63, 3.8) is 0 Å². The Morgan fingerprint density at radius 2 is 2.21 bits per heavy atom. The second-order valence-electron chi connectivity index (χ2n) is 6.70. The van der Waals surface area contributed by atoms with Crippen LogP contribution in [0.3, 0.4) is 0 Å². The number of benzene rings is 1. The Kier molecular flexibility index (Phi) is 3.85. The van der Waals surface area contributed by atoms with Gasteiger partial charge in [-0.05, 0) is 50.8 Å². The summed E-state index contributed by atoms with van der Waals surface area (Å²) in [7, 11) is 0. The monoisotopic (exact) mass is 345 g/mol. The molecule has 1 fully saturated rings. The second-order valence-corrected chi connectivity index (χ2v) is 7.11. The predicted octanol–water partition coefficient (Wildman–Crippen LogP) is 3.79. The van der Waals surface area contributed by atoms with Crippen LogP contribution in [0.5, 0.6) is 0 Å². The lowest BCUT2D eigenvalue weighted by Gasteiger charge is -2.30. The van der Waals surface area contributed by atoms with Crippen LogP contribution in [0.15, 0.2) is 27.5 Å². The quantitative estimate of drug-likeness (QED) is 0.766. The van der Waals surface area contributed by atoms with Gasteiger partial charge in [-0.1, -0.05) is 29.2 Å². The number of halogens is 1. The van der Waals surface area contributed by atoms with E-state index in [2.05, 4.69) is 5.16 Å². The van der Waals surface area contributed by atoms with E-state index < -0.39 is 0 Å². The molecule has 5 nitrogen and oxygen atoms in total. The highest BCUT2D eigenvalue weighted by atomic mass is 35.5. The first-order valence-electron chi connectivity index (χ1n) is 8.40. The van der Waals surface area contributed by atoms with Crippen molar-refractivity contribution in [2.24, 2.45) is 11.7 Å². The minimum atomic E-state index is -0.0406. The molecule has 2 heterocycles. The minimum absolute atomic E-state index is 0.0406. The van der Waals surface area contributed by atoms with Crippen molar-refractivity contribution in [2.45, 2.75) is 38.6 Å². The molecule has 0 bridgehead atoms. The molecule has 24 heavy (non-hydrogen) atoms. The summed E-state index contributed by atoms with van der Waals surface area (Å²) in [6, 6.07) is 5.77. The summed E-state index contributed by atoms with van der Waals surface area (Å²) < 4.78 is 7.34. The summed E-state index contributed by atoms with van der Waals surface area (Å²) >= 11 is 6.44. The Labute approximate surface area is 144 Å². The normalized spacial score (nSPS) is 21.6. The lowest BCUT2D eigenvalue weighted by atomic mass is 9.85. The van der Waals surface area contributed by atoms with Gasteiger partial charge in [0.05, 0.1) is 21.6 Å². The van der Waals surface area contributed by atoms with Gasteiger partial charge in [-0.2, -0.15) is 0 Å². The van der Waals surface area contributed by atoms with E-state index in [1.165, 1.54) is 0 Å². The van der Waals surface area contributed by atoms with Crippen LogP contribution in [0.25, 0.3) is 21.9 Å². The van der Waals surface area contributed by atoms with Gasteiger partial charge in [-0.25, -0.2) is 0 Å². The lowest BCUT2D eigenvalue weighted by molar-refractivity contribution is 0.273. The van der Waals surface area contributed by atoms with Crippen LogP contribution in [0.4, 0.5) is 0 Å². The summed E-state index contributed by atoms with van der Waals surface area (Å²) in [5.41, 5.74) is 7.76. The van der Waals surface area contributed by atoms with E-state index in [9.17, 15) is 4.79 Å². The molecule has 0 radical (unpaired) electrons. The summed E-state index contributed by atoms with van der Waals surface area (Å²) in [4.78, 5) is 13.2. The van der Waals surface area contributed by atoms with E-state index in [0.717, 1.165) is 36.6 Å². The molecule has 0 unspecified atom stereocenters. The smallest absolute Gasteiger partial charge is 0.264 e. The maximum Gasteiger partial charge on any atom is 0.264 e. The topological polar surface area (TPSA) is 74.0 Å². The van der Waals surface area contributed by atoms with E-state index in [0.29, 0.717) is 34.1 Å². The molecular weight excluding hydrogens is 326 g/mol. The van der Waals surface area contributed by atoms with Crippen LogP contribution in [-0.2, 0) is 0 Å². The van der Waals surface area contributed by atoms with Gasteiger partial charge in [0.15, 0.2) is 5.58 Å². The van der Waals surface area contributed by atoms with Crippen molar-refractivity contribution in [1.82, 2.24) is 9.72 Å². The van der Waals surface area contributed by atoms with E-state index in [1.807, 2.05) is 22.8 Å². The number of fused-ring (bicyclic) bond motifs is 3. The molecule has 1 saturated carbocycles. The van der Waals surface area contributed by atoms with Crippen molar-refractivity contribution < 1.29 is 4.52 Å². The van der Waals surface area contributed by atoms with Crippen molar-refractivity contribution >= 4 is 33.5 Å². The third kappa shape index (κ3) is 2.26. The predicted molar refractivity (Wildman–Crippen MR) is 95.6 cm³/mol. The van der Waals surface area contributed by atoms with E-state index in [1.54, 1.807) is 6.92 Å². The molecule has 1 aliphatic carbocycles. The van der Waals surface area contributed by atoms with Gasteiger partial charge in [0.25, 0.3) is 5.56 Å². The fourth-order valence-electron chi connectivity index (χ4n) is 4.03. The molecule has 126 valence electrons. The molecule has 1 aromatic carbocycles. The first kappa shape index (κ1) is 15.7. The number of nitrogens with two attached hydrogens (primary N) is 1. The number of pyridine rings is 1. The molecule has 1 aliphatic rings. The minimum Gasteiger partial charge on any atom is -0.355 e. The SMILES string of the molecule is Cc1noc2c1c(=O)n([C@@H]1CCC[C@H](CN)C1)c1cccc(Cl)c21. The van der Waals surface area contributed by atoms with Crippen LogP contribution >= 0.6 is 11.6 Å². The Hall–Kier alpha value is -1.85. The Morgan fingerprint density at radius 1 is 1.38 bits per heavy atom. The third-order valence-electron chi connectivity index (χ3n) is 5.23. The largest absolute Gasteiger partial charge is 0.355 e. The van der Waals surface area contributed by atoms with Crippen LogP contribution in [-0.4, -0.2) is 16.3 Å². The van der Waals surface area contributed by atoms with Crippen LogP contribution in [0, 0.1) is 12.8 Å². The molecule has 0 spiro atoms. The molecule has 0 saturated heterocycles. The highest BCUT2D eigenvalue weighted by molar-refractivity contribution is 6.37. The summed E-state index contributed by atoms with van der Waals surface area (Å²) in [5, 5.41) is 5.88. The number of aryl methyl sites for hydroxylation is 1. The molecule has 2 atom stereocenters. The Balaban J connectivity index is 2.06. The number of nitrogens with zero attached hydrogens (tertiary/aromatic N) is 2. The van der Waals surface area contributed by atoms with Crippen LogP contribution in [0.2, 0.25) is 5.02 Å². The first-order chi connectivity index (χ1) is 11.6. The maximum absolute atomic E-state index is 13.2. The standard InChI is InChI=1S/C18H20ClN3O2/c1-10-15-17(24-21-10)16-13(19)6-3-7-14(16)22(18(15)23)12-5-2-4-11(8-12)9-20/h3,6-7,11-12H,2,4-5,8-9,20H2,1H3/t11-,12+/m0/s1. The number of hydrogen-bond donors (Lipinski definition) is 1. The molecule has 3 aromatic rings. The average molecular weight is 346 g/mol. The van der Waals surface area contributed by atoms with Crippen molar-refractivity contribution in [3.8, 4) is 0 Å². The van der Waals surface area contributed by atoms with Gasteiger partial charge in [-0.15, -0.1) is 0 Å². The fourth-order valence-corrected chi connectivity index (χ4v) is 4.29. The summed E-state index contributed by atoms with van der Waals surface area (Å²) in [6.45, 7) is 2.46. The molecule has 0 amide bonds. The molecular formula is C18H20ClN3O2. The van der Waals surface area contributed by atoms with Crippen molar-refractivity contribution in [2.75, 3.05) is 6.54 Å². The number of rotatable bonds is 2. The van der Waals surface area contributed by atoms with E-state index in [4.69, 9.17) is 21.9 Å². The molecule has 4 rings (SSSR count). The van der Waals surface area contributed by atoms with Gasteiger partial charge in [-0.3, -0.25) is 4.79 Å². The first-order valence-corrected chi connectivity index (χ1v) is 8.78. The zero-order valence-corrected chi connectivity index (χ0v) is 14.3. The zero-order chi connectivity index (χ0) is 16.8. The highest BCUT2D eigenvalue weighted by Crippen LogP contribution is 2.36. The van der Waals surface area contributed by atoms with Gasteiger partial charge in [0, 0.05) is 6.04 Å². The van der Waals surface area contributed by atoms with Crippen LogP contribution in [0.1, 0.15) is 37.4 Å². The maximum atomic E-state index is 13.2. The lowest BCUT2D eigenvalue weighted by Crippen LogP contribution is -2.31. The molecule has 6 heteroatoms. The van der Waals surface area contributed by atoms with Crippen LogP contribution < -0.4 is 11.3 Å². The molecule has 0 aliphatic heterocycles. The average Bonchev–Trinajstić information content (AvgIpc) is 2.97. The van der Waals surface area contributed by atoms with Gasteiger partial charge < -0.3 is 14.8 Å². The van der Waals surface area contributed by atoms with Gasteiger partial charge >= 0.3 is 0 Å². The van der Waals surface area contributed by atoms with Gasteiger partial charge in [0.1, 0.15) is 5.39 Å². The second kappa shape index (κ2) is 5.90. The number of aromatic nitrogens is 2. The molecule has 2 N–H and O–H groups in total. The van der Waals surface area contributed by atoms with E-state index >= 15 is 0 Å². The highest BCUT2D eigenvalue weighted by Gasteiger charge is 2.27. The third-order valence-corrected chi connectivity index (χ3v) is 5.54. The van der Waals surface area contributed by atoms with E-state index in [-0.39, 0.29) is 11.6 Å². The Morgan fingerprint density at radius 3 is 3.00 bits per heavy atom. The fraction of sp³-hybridized carbons (Fsp3) is 0.444. The Bertz CT molecular complexity index is 976. The van der Waals surface area contributed by atoms with Gasteiger partial charge in [0.2, 0.25) is 0 Å². The summed E-state index contributed by atoms with van der Waals surface area (Å²) in [6.07, 6.45) is 4.12.